The van der Waals surface area contributed by atoms with E-state index in [-0.39, 0.29) is 5.95 Å². The first-order valence-corrected chi connectivity index (χ1v) is 3.07. The molecule has 0 saturated heterocycles. The van der Waals surface area contributed by atoms with Gasteiger partial charge in [0.1, 0.15) is 0 Å². The van der Waals surface area contributed by atoms with Crippen LogP contribution in [0.5, 0.6) is 0 Å². The van der Waals surface area contributed by atoms with Gasteiger partial charge in [-0.15, -0.1) is 0 Å². The molecular weight excluding hydrogens is 144 g/mol. The van der Waals surface area contributed by atoms with E-state index in [1.807, 2.05) is 0 Å². The SMILES string of the molecule is Nc1nccc(CNC=O)n1. The molecule has 1 rings (SSSR count). The molecule has 0 aliphatic heterocycles. The van der Waals surface area contributed by atoms with Crippen molar-refractivity contribution in [2.24, 2.45) is 0 Å². The smallest absolute Gasteiger partial charge is 0.220 e. The maximum atomic E-state index is 9.88. The molecule has 0 fully saturated rings. The second-order valence-corrected chi connectivity index (χ2v) is 1.90. The highest BCUT2D eigenvalue weighted by molar-refractivity contribution is 5.45. The van der Waals surface area contributed by atoms with E-state index in [0.29, 0.717) is 18.6 Å². The second kappa shape index (κ2) is 3.50. The molecule has 1 aromatic rings. The zero-order valence-corrected chi connectivity index (χ0v) is 5.82. The van der Waals surface area contributed by atoms with Crippen LogP contribution in [0.1, 0.15) is 5.69 Å². The number of hydrogen-bond donors (Lipinski definition) is 2. The summed E-state index contributed by atoms with van der Waals surface area (Å²) in [7, 11) is 0. The molecule has 0 atom stereocenters. The van der Waals surface area contributed by atoms with Crippen molar-refractivity contribution in [1.29, 1.82) is 0 Å². The summed E-state index contributed by atoms with van der Waals surface area (Å²) in [6.07, 6.45) is 2.16. The summed E-state index contributed by atoms with van der Waals surface area (Å²) in [6.45, 7) is 0.385. The van der Waals surface area contributed by atoms with E-state index >= 15 is 0 Å². The van der Waals surface area contributed by atoms with Gasteiger partial charge in [0.15, 0.2) is 0 Å². The third-order valence-electron chi connectivity index (χ3n) is 1.10. The van der Waals surface area contributed by atoms with E-state index in [2.05, 4.69) is 15.3 Å². The van der Waals surface area contributed by atoms with Crippen LogP contribution < -0.4 is 11.1 Å². The lowest BCUT2D eigenvalue weighted by molar-refractivity contribution is -0.109. The highest BCUT2D eigenvalue weighted by atomic mass is 16.1. The maximum Gasteiger partial charge on any atom is 0.220 e. The van der Waals surface area contributed by atoms with Crippen LogP contribution in [0.15, 0.2) is 12.3 Å². The summed E-state index contributed by atoms with van der Waals surface area (Å²) in [5.74, 6) is 0.218. The van der Waals surface area contributed by atoms with Crippen molar-refractivity contribution in [1.82, 2.24) is 15.3 Å². The number of nitrogens with zero attached hydrogens (tertiary/aromatic N) is 2. The largest absolute Gasteiger partial charge is 0.368 e. The molecule has 0 aromatic carbocycles. The van der Waals surface area contributed by atoms with Crippen LogP contribution in [0.2, 0.25) is 0 Å². The van der Waals surface area contributed by atoms with E-state index < -0.39 is 0 Å². The Morgan fingerprint density at radius 3 is 3.18 bits per heavy atom. The standard InChI is InChI=1S/C6H8N4O/c7-6-9-2-1-5(10-6)3-8-4-11/h1-2,4H,3H2,(H,8,11)(H2,7,9,10). The first-order valence-electron chi connectivity index (χ1n) is 3.07. The van der Waals surface area contributed by atoms with Gasteiger partial charge in [-0.3, -0.25) is 4.79 Å². The fourth-order valence-corrected chi connectivity index (χ4v) is 0.658. The Morgan fingerprint density at radius 2 is 2.55 bits per heavy atom. The maximum absolute atomic E-state index is 9.88. The Bertz CT molecular complexity index is 250. The first kappa shape index (κ1) is 7.46. The summed E-state index contributed by atoms with van der Waals surface area (Å²) in [5, 5.41) is 2.47. The predicted molar refractivity (Wildman–Crippen MR) is 39.3 cm³/mol. The van der Waals surface area contributed by atoms with Gasteiger partial charge in [-0.2, -0.15) is 0 Å². The van der Waals surface area contributed by atoms with E-state index in [4.69, 9.17) is 5.73 Å². The van der Waals surface area contributed by atoms with Gasteiger partial charge in [0.25, 0.3) is 0 Å². The van der Waals surface area contributed by atoms with Crippen molar-refractivity contribution in [2.75, 3.05) is 5.73 Å². The number of carbonyl (C=O) groups is 1. The molecule has 0 bridgehead atoms. The molecule has 5 heteroatoms. The van der Waals surface area contributed by atoms with Gasteiger partial charge in [-0.05, 0) is 6.07 Å². The van der Waals surface area contributed by atoms with Crippen molar-refractivity contribution in [2.45, 2.75) is 6.54 Å². The van der Waals surface area contributed by atoms with Crippen molar-refractivity contribution in [3.8, 4) is 0 Å². The highest BCUT2D eigenvalue weighted by Crippen LogP contribution is 1.94. The Kier molecular flexibility index (Phi) is 2.37. The van der Waals surface area contributed by atoms with Crippen LogP contribution in [0.3, 0.4) is 0 Å². The number of anilines is 1. The van der Waals surface area contributed by atoms with Gasteiger partial charge in [0, 0.05) is 6.20 Å². The Hall–Kier alpha value is -1.65. The van der Waals surface area contributed by atoms with Crippen LogP contribution in [0.4, 0.5) is 5.95 Å². The zero-order chi connectivity index (χ0) is 8.10. The normalized spacial score (nSPS) is 9.09. The molecular formula is C6H8N4O. The summed E-state index contributed by atoms with van der Waals surface area (Å²) in [4.78, 5) is 17.4. The summed E-state index contributed by atoms with van der Waals surface area (Å²) >= 11 is 0. The molecule has 1 heterocycles. The number of carbonyl (C=O) groups excluding carboxylic acids is 1. The van der Waals surface area contributed by atoms with E-state index in [0.717, 1.165) is 0 Å². The lowest BCUT2D eigenvalue weighted by Gasteiger charge is -1.97. The molecule has 1 amide bonds. The van der Waals surface area contributed by atoms with Gasteiger partial charge in [-0.1, -0.05) is 0 Å². The van der Waals surface area contributed by atoms with Crippen LogP contribution in [-0.2, 0) is 11.3 Å². The van der Waals surface area contributed by atoms with Crippen molar-refractivity contribution < 1.29 is 4.79 Å². The van der Waals surface area contributed by atoms with Crippen molar-refractivity contribution in [3.63, 3.8) is 0 Å². The first-order chi connectivity index (χ1) is 5.33. The molecule has 0 spiro atoms. The average Bonchev–Trinajstić information content (AvgIpc) is 2.01. The fraction of sp³-hybridized carbons (Fsp3) is 0.167. The molecule has 58 valence electrons. The van der Waals surface area contributed by atoms with Crippen LogP contribution in [-0.4, -0.2) is 16.4 Å². The van der Waals surface area contributed by atoms with Crippen LogP contribution in [0, 0.1) is 0 Å². The number of nitrogens with two attached hydrogens (primary N) is 1. The topological polar surface area (TPSA) is 80.9 Å². The van der Waals surface area contributed by atoms with Crippen molar-refractivity contribution in [3.05, 3.63) is 18.0 Å². The molecule has 11 heavy (non-hydrogen) atoms. The van der Waals surface area contributed by atoms with Crippen molar-refractivity contribution >= 4 is 12.4 Å². The highest BCUT2D eigenvalue weighted by Gasteiger charge is 1.92. The second-order valence-electron chi connectivity index (χ2n) is 1.90. The lowest BCUT2D eigenvalue weighted by atomic mass is 10.4. The van der Waals surface area contributed by atoms with E-state index in [1.165, 1.54) is 0 Å². The molecule has 0 aliphatic carbocycles. The molecule has 5 nitrogen and oxygen atoms in total. The van der Waals surface area contributed by atoms with Crippen LogP contribution in [0.25, 0.3) is 0 Å². The summed E-state index contributed by atoms with van der Waals surface area (Å²) < 4.78 is 0. The van der Waals surface area contributed by atoms with Gasteiger partial charge < -0.3 is 11.1 Å². The molecule has 1 aromatic heterocycles. The quantitative estimate of drug-likeness (QED) is 0.561. The van der Waals surface area contributed by atoms with Gasteiger partial charge >= 0.3 is 0 Å². The van der Waals surface area contributed by atoms with Gasteiger partial charge in [-0.25, -0.2) is 9.97 Å². The Morgan fingerprint density at radius 1 is 1.73 bits per heavy atom. The van der Waals surface area contributed by atoms with E-state index in [9.17, 15) is 4.79 Å². The monoisotopic (exact) mass is 152 g/mol. The summed E-state index contributed by atoms with van der Waals surface area (Å²) in [5.41, 5.74) is 5.99. The minimum atomic E-state index is 0.218. The Labute approximate surface area is 63.7 Å². The predicted octanol–water partition coefficient (Wildman–Crippen LogP) is -0.695. The fourth-order valence-electron chi connectivity index (χ4n) is 0.658. The third-order valence-corrected chi connectivity index (χ3v) is 1.10. The number of aromatic nitrogens is 2. The number of nitrogen functional groups attached to an aromatic ring is 1. The molecule has 0 unspecified atom stereocenters. The van der Waals surface area contributed by atoms with E-state index in [1.54, 1.807) is 12.3 Å². The lowest BCUT2D eigenvalue weighted by Crippen LogP contribution is -2.11. The molecule has 0 aliphatic rings. The minimum Gasteiger partial charge on any atom is -0.368 e. The van der Waals surface area contributed by atoms with Gasteiger partial charge in [0.05, 0.1) is 12.2 Å². The van der Waals surface area contributed by atoms with Crippen LogP contribution >= 0.6 is 0 Å². The number of amides is 1. The zero-order valence-electron chi connectivity index (χ0n) is 5.82. The molecule has 3 N–H and O–H groups in total. The molecule has 0 saturated carbocycles. The number of hydrogen-bond acceptors (Lipinski definition) is 4. The number of rotatable bonds is 3. The molecule has 0 radical (unpaired) electrons. The minimum absolute atomic E-state index is 0.218. The third kappa shape index (κ3) is 2.21. The number of nitrogens with one attached hydrogen (secondary N) is 1. The Balaban J connectivity index is 2.63. The summed E-state index contributed by atoms with van der Waals surface area (Å²) in [6, 6.07) is 1.69. The average molecular weight is 152 g/mol. The van der Waals surface area contributed by atoms with Gasteiger partial charge in [0.2, 0.25) is 12.4 Å².